The third-order valence-electron chi connectivity index (χ3n) is 4.02. The van der Waals surface area contributed by atoms with Gasteiger partial charge in [-0.05, 0) is 30.7 Å². The van der Waals surface area contributed by atoms with Gasteiger partial charge in [0.15, 0.2) is 11.0 Å². The second-order valence-corrected chi connectivity index (χ2v) is 8.59. The Morgan fingerprint density at radius 1 is 1.19 bits per heavy atom. The van der Waals surface area contributed by atoms with Crippen LogP contribution in [0.3, 0.4) is 0 Å². The molecule has 158 valence electrons. The maximum Gasteiger partial charge on any atom is 0.250 e. The van der Waals surface area contributed by atoms with Crippen LogP contribution in [0.15, 0.2) is 87.6 Å². The third-order valence-corrected chi connectivity index (χ3v) is 5.51. The molecule has 0 atom stereocenters. The van der Waals surface area contributed by atoms with E-state index in [9.17, 15) is 4.79 Å². The summed E-state index contributed by atoms with van der Waals surface area (Å²) in [5, 5.41) is 13.2. The topological polar surface area (TPSA) is 72.2 Å². The summed E-state index contributed by atoms with van der Waals surface area (Å²) in [4.78, 5) is 12.1. The zero-order valence-electron chi connectivity index (χ0n) is 17.0. The molecule has 0 saturated heterocycles. The molecule has 3 aromatic rings. The molecule has 0 aliphatic rings. The molecule has 1 aromatic heterocycles. The Balaban J connectivity index is 1.59. The highest BCUT2D eigenvalue weighted by Crippen LogP contribution is 2.26. The quantitative estimate of drug-likeness (QED) is 0.192. The maximum atomic E-state index is 12.1. The Labute approximate surface area is 194 Å². The summed E-state index contributed by atoms with van der Waals surface area (Å²) in [6.45, 7) is 6.52. The van der Waals surface area contributed by atoms with Gasteiger partial charge in [-0.3, -0.25) is 9.36 Å². The van der Waals surface area contributed by atoms with Gasteiger partial charge in [-0.2, -0.15) is 5.10 Å². The minimum atomic E-state index is -0.218. The van der Waals surface area contributed by atoms with Gasteiger partial charge in [0, 0.05) is 22.8 Å². The predicted molar refractivity (Wildman–Crippen MR) is 131 cm³/mol. The van der Waals surface area contributed by atoms with Crippen molar-refractivity contribution in [2.24, 2.45) is 5.10 Å². The molecule has 3 rings (SSSR count). The van der Waals surface area contributed by atoms with Gasteiger partial charge in [0.05, 0.1) is 5.75 Å². The second-order valence-electron chi connectivity index (χ2n) is 6.73. The lowest BCUT2D eigenvalue weighted by atomic mass is 10.2. The number of amides is 1. The highest BCUT2D eigenvalue weighted by Gasteiger charge is 2.15. The smallest absolute Gasteiger partial charge is 0.250 e. The molecule has 0 spiro atoms. The summed E-state index contributed by atoms with van der Waals surface area (Å²) < 4.78 is 2.96. The number of allylic oxidation sites excluding steroid dienone is 2. The van der Waals surface area contributed by atoms with E-state index < -0.39 is 0 Å². The molecule has 8 heteroatoms. The fourth-order valence-electron chi connectivity index (χ4n) is 2.65. The fraction of sp³-hybridized carbons (Fsp3) is 0.130. The average Bonchev–Trinajstić information content (AvgIpc) is 3.15. The first-order valence-corrected chi connectivity index (χ1v) is 11.3. The van der Waals surface area contributed by atoms with Crippen LogP contribution in [0.25, 0.3) is 17.5 Å². The molecule has 0 aliphatic carbocycles. The van der Waals surface area contributed by atoms with Gasteiger partial charge in [0.2, 0.25) is 0 Å². The summed E-state index contributed by atoms with van der Waals surface area (Å²) in [6.07, 6.45) is 5.23. The van der Waals surface area contributed by atoms with Crippen LogP contribution in [-0.2, 0) is 11.3 Å². The Morgan fingerprint density at radius 3 is 2.65 bits per heavy atom. The molecule has 6 nitrogen and oxygen atoms in total. The molecule has 0 aliphatic heterocycles. The molecule has 2 aromatic carbocycles. The number of halogens is 1. The molecule has 0 fully saturated rings. The summed E-state index contributed by atoms with van der Waals surface area (Å²) in [5.74, 6) is 0.695. The van der Waals surface area contributed by atoms with Crippen molar-refractivity contribution in [3.63, 3.8) is 0 Å². The molecular formula is C23H22BrN5OS. The number of hydrogen-bond acceptors (Lipinski definition) is 5. The summed E-state index contributed by atoms with van der Waals surface area (Å²) in [7, 11) is 0. The zero-order valence-corrected chi connectivity index (χ0v) is 19.4. The van der Waals surface area contributed by atoms with Crippen LogP contribution in [0.5, 0.6) is 0 Å². The molecule has 1 N–H and O–H groups in total. The Morgan fingerprint density at radius 2 is 1.94 bits per heavy atom. The lowest BCUT2D eigenvalue weighted by Crippen LogP contribution is -2.19. The van der Waals surface area contributed by atoms with Gasteiger partial charge >= 0.3 is 0 Å². The van der Waals surface area contributed by atoms with Crippen LogP contribution in [0.4, 0.5) is 0 Å². The van der Waals surface area contributed by atoms with Gasteiger partial charge in [-0.15, -0.1) is 10.2 Å². The number of carbonyl (C=O) groups excluding carboxylic acids is 1. The maximum absolute atomic E-state index is 12.1. The van der Waals surface area contributed by atoms with Crippen molar-refractivity contribution in [1.82, 2.24) is 20.2 Å². The van der Waals surface area contributed by atoms with Crippen LogP contribution in [0.2, 0.25) is 0 Å². The summed E-state index contributed by atoms with van der Waals surface area (Å²) >= 11 is 4.76. The number of thioether (sulfide) groups is 1. The SMILES string of the molecule is C=C(C)Cn1c(SCC(=O)N/N=C/C=C/c2ccccc2)nnc1-c1ccc(Br)cc1. The standard InChI is InChI=1S/C23H22BrN5OS/c1-17(2)15-29-22(19-10-12-20(24)13-11-19)27-28-23(29)31-16-21(30)26-25-14-6-9-18-7-4-3-5-8-18/h3-14H,1,15-16H2,2H3,(H,26,30)/b9-6+,25-14+. The first kappa shape index (κ1) is 22.7. The van der Waals surface area contributed by atoms with Crippen molar-refractivity contribution in [3.8, 4) is 11.4 Å². The number of benzene rings is 2. The van der Waals surface area contributed by atoms with E-state index in [0.29, 0.717) is 11.7 Å². The number of hydrazone groups is 1. The Kier molecular flexibility index (Phi) is 8.37. The average molecular weight is 496 g/mol. The lowest BCUT2D eigenvalue weighted by molar-refractivity contribution is -0.118. The first-order valence-electron chi connectivity index (χ1n) is 9.53. The van der Waals surface area contributed by atoms with Gasteiger partial charge in [-0.1, -0.05) is 88.4 Å². The van der Waals surface area contributed by atoms with Crippen LogP contribution in [0, 0.1) is 0 Å². The van der Waals surface area contributed by atoms with E-state index in [4.69, 9.17) is 0 Å². The molecule has 0 unspecified atom stereocenters. The molecular weight excluding hydrogens is 474 g/mol. The number of carbonyl (C=O) groups is 1. The highest BCUT2D eigenvalue weighted by molar-refractivity contribution is 9.10. The number of nitrogens with one attached hydrogen (secondary N) is 1. The number of aromatic nitrogens is 3. The predicted octanol–water partition coefficient (Wildman–Crippen LogP) is 5.19. The van der Waals surface area contributed by atoms with Crippen LogP contribution >= 0.6 is 27.7 Å². The van der Waals surface area contributed by atoms with E-state index in [1.165, 1.54) is 11.8 Å². The van der Waals surface area contributed by atoms with Gasteiger partial charge in [0.1, 0.15) is 0 Å². The number of rotatable bonds is 9. The van der Waals surface area contributed by atoms with E-state index in [0.717, 1.165) is 27.0 Å². The largest absolute Gasteiger partial charge is 0.298 e. The van der Waals surface area contributed by atoms with Gasteiger partial charge in [0.25, 0.3) is 5.91 Å². The summed E-state index contributed by atoms with van der Waals surface area (Å²) in [6, 6.07) is 17.7. The number of hydrogen-bond donors (Lipinski definition) is 1. The van der Waals surface area contributed by atoms with E-state index in [-0.39, 0.29) is 11.7 Å². The third kappa shape index (κ3) is 7.04. The lowest BCUT2D eigenvalue weighted by Gasteiger charge is -2.10. The molecule has 0 bridgehead atoms. The monoisotopic (exact) mass is 495 g/mol. The molecule has 1 amide bonds. The minimum absolute atomic E-state index is 0.175. The van der Waals surface area contributed by atoms with Crippen molar-refractivity contribution in [3.05, 3.63) is 82.9 Å². The normalized spacial score (nSPS) is 11.3. The summed E-state index contributed by atoms with van der Waals surface area (Å²) in [5.41, 5.74) is 5.51. The molecule has 31 heavy (non-hydrogen) atoms. The van der Waals surface area contributed by atoms with E-state index in [2.05, 4.69) is 43.2 Å². The molecule has 0 radical (unpaired) electrons. The van der Waals surface area contributed by atoms with Crippen molar-refractivity contribution >= 4 is 45.9 Å². The van der Waals surface area contributed by atoms with Crippen molar-refractivity contribution in [2.75, 3.05) is 5.75 Å². The van der Waals surface area contributed by atoms with Crippen LogP contribution < -0.4 is 5.43 Å². The van der Waals surface area contributed by atoms with Gasteiger partial charge in [-0.25, -0.2) is 5.43 Å². The van der Waals surface area contributed by atoms with E-state index in [1.54, 1.807) is 12.3 Å². The van der Waals surface area contributed by atoms with Crippen LogP contribution in [0.1, 0.15) is 12.5 Å². The van der Waals surface area contributed by atoms with E-state index >= 15 is 0 Å². The van der Waals surface area contributed by atoms with Gasteiger partial charge < -0.3 is 0 Å². The van der Waals surface area contributed by atoms with Crippen LogP contribution in [-0.4, -0.2) is 32.6 Å². The van der Waals surface area contributed by atoms with Crippen molar-refractivity contribution < 1.29 is 4.79 Å². The Bertz CT molecular complexity index is 1090. The second kappa shape index (κ2) is 11.4. The minimum Gasteiger partial charge on any atom is -0.298 e. The number of nitrogens with zero attached hydrogens (tertiary/aromatic N) is 4. The van der Waals surface area contributed by atoms with E-state index in [1.807, 2.05) is 72.2 Å². The molecule has 1 heterocycles. The molecule has 0 saturated carbocycles. The Hall–Kier alpha value is -2.97. The highest BCUT2D eigenvalue weighted by atomic mass is 79.9. The first-order chi connectivity index (χ1) is 15.0. The van der Waals surface area contributed by atoms with Crippen molar-refractivity contribution in [1.29, 1.82) is 0 Å². The fourth-order valence-corrected chi connectivity index (χ4v) is 3.65. The zero-order chi connectivity index (χ0) is 22.1. The van der Waals surface area contributed by atoms with Crippen molar-refractivity contribution in [2.45, 2.75) is 18.6 Å².